The van der Waals surface area contributed by atoms with Crippen molar-refractivity contribution in [2.75, 3.05) is 12.9 Å². The van der Waals surface area contributed by atoms with E-state index in [1.807, 2.05) is 7.11 Å². The van der Waals surface area contributed by atoms with E-state index in [1.165, 1.54) is 5.79 Å². The molecule has 1 N–H and O–H groups in total. The largest absolute Gasteiger partial charge is 0.407 e. The van der Waals surface area contributed by atoms with E-state index in [2.05, 4.69) is 72.4 Å². The first-order chi connectivity index (χ1) is 8.11. The molecule has 0 unspecified atom stereocenters. The van der Waals surface area contributed by atoms with Gasteiger partial charge in [-0.3, -0.25) is 0 Å². The van der Waals surface area contributed by atoms with E-state index in [0.29, 0.717) is 10.3 Å². The summed E-state index contributed by atoms with van der Waals surface area (Å²) in [5.41, 5.74) is 0. The molecule has 0 aromatic heterocycles. The van der Waals surface area contributed by atoms with E-state index >= 15 is 0 Å². The monoisotopic (exact) mass is 321 g/mol. The first-order valence-corrected chi connectivity index (χ1v) is 14.9. The van der Waals surface area contributed by atoms with Crippen molar-refractivity contribution in [3.8, 4) is 0 Å². The number of hydrogen-bond acceptors (Lipinski definition) is 2. The van der Waals surface area contributed by atoms with Gasteiger partial charge in [0.1, 0.15) is 8.24 Å². The van der Waals surface area contributed by atoms with Gasteiger partial charge in [-0.05, 0) is 29.2 Å². The molecule has 0 fully saturated rings. The second-order valence-electron chi connectivity index (χ2n) is 8.65. The summed E-state index contributed by atoms with van der Waals surface area (Å²) in [5, 5.41) is 0.830. The predicted octanol–water partition coefficient (Wildman–Crippen LogP) is 4.75. The standard InChI is InChI=1S/C14H36NOPSi2/c1-13(2,3)17(14(4,5)6)12-18(8,9)15-19(10,11)16-7/h15H,12H2,1-11H3. The Labute approximate surface area is 125 Å². The van der Waals surface area contributed by atoms with Gasteiger partial charge in [-0.1, -0.05) is 62.6 Å². The highest BCUT2D eigenvalue weighted by Gasteiger charge is 2.41. The van der Waals surface area contributed by atoms with Gasteiger partial charge in [0.05, 0.1) is 0 Å². The average molecular weight is 322 g/mol. The van der Waals surface area contributed by atoms with Crippen molar-refractivity contribution >= 4 is 24.6 Å². The second-order valence-corrected chi connectivity index (χ2v) is 21.7. The molecule has 0 saturated carbocycles. The maximum atomic E-state index is 5.70. The van der Waals surface area contributed by atoms with Crippen LogP contribution in [0.5, 0.6) is 0 Å². The van der Waals surface area contributed by atoms with Crippen LogP contribution < -0.4 is 4.65 Å². The number of rotatable bonds is 5. The summed E-state index contributed by atoms with van der Waals surface area (Å²) in [6.07, 6.45) is 0. The Hall–Kier alpha value is 0.784. The van der Waals surface area contributed by atoms with Gasteiger partial charge in [-0.2, -0.15) is 0 Å². The summed E-state index contributed by atoms with van der Waals surface area (Å²) in [5.74, 6) is 1.37. The fraction of sp³-hybridized carbons (Fsp3) is 1.00. The predicted molar refractivity (Wildman–Crippen MR) is 96.4 cm³/mol. The van der Waals surface area contributed by atoms with Crippen LogP contribution in [0.25, 0.3) is 0 Å². The fourth-order valence-electron chi connectivity index (χ4n) is 2.78. The van der Waals surface area contributed by atoms with E-state index in [4.69, 9.17) is 4.43 Å². The average Bonchev–Trinajstić information content (AvgIpc) is 2.09. The molecule has 0 aliphatic rings. The van der Waals surface area contributed by atoms with Gasteiger partial charge in [0.25, 0.3) is 8.48 Å². The van der Waals surface area contributed by atoms with Crippen molar-refractivity contribution in [1.29, 1.82) is 0 Å². The lowest BCUT2D eigenvalue weighted by atomic mass is 10.2. The molecular weight excluding hydrogens is 285 g/mol. The van der Waals surface area contributed by atoms with Crippen molar-refractivity contribution in [3.05, 3.63) is 0 Å². The maximum Gasteiger partial charge on any atom is 0.255 e. The Morgan fingerprint density at radius 1 is 0.895 bits per heavy atom. The summed E-state index contributed by atoms with van der Waals surface area (Å²) < 4.78 is 9.62. The van der Waals surface area contributed by atoms with Crippen LogP contribution in [0, 0.1) is 0 Å². The van der Waals surface area contributed by atoms with Gasteiger partial charge in [0.15, 0.2) is 0 Å². The highest BCUT2D eigenvalue weighted by molar-refractivity contribution is 7.63. The molecule has 19 heavy (non-hydrogen) atoms. The number of hydrogen-bond donors (Lipinski definition) is 1. The Bertz CT molecular complexity index is 279. The van der Waals surface area contributed by atoms with Crippen LogP contribution in [0.4, 0.5) is 0 Å². The van der Waals surface area contributed by atoms with E-state index in [0.717, 1.165) is 0 Å². The van der Waals surface area contributed by atoms with Gasteiger partial charge >= 0.3 is 0 Å². The number of nitrogens with one attached hydrogen (secondary N) is 1. The molecule has 0 heterocycles. The van der Waals surface area contributed by atoms with E-state index in [1.54, 1.807) is 0 Å². The summed E-state index contributed by atoms with van der Waals surface area (Å²) in [6, 6.07) is 0. The molecule has 0 atom stereocenters. The van der Waals surface area contributed by atoms with Crippen molar-refractivity contribution < 1.29 is 4.43 Å². The van der Waals surface area contributed by atoms with E-state index < -0.39 is 16.7 Å². The van der Waals surface area contributed by atoms with Crippen molar-refractivity contribution in [3.63, 3.8) is 0 Å². The van der Waals surface area contributed by atoms with Gasteiger partial charge in [0, 0.05) is 7.11 Å². The minimum atomic E-state index is -1.68. The Kier molecular flexibility index (Phi) is 6.53. The van der Waals surface area contributed by atoms with Crippen LogP contribution in [0.3, 0.4) is 0 Å². The molecular formula is C14H36NOPSi2. The molecule has 0 spiro atoms. The van der Waals surface area contributed by atoms with Gasteiger partial charge in [-0.25, -0.2) is 0 Å². The third kappa shape index (κ3) is 7.38. The van der Waals surface area contributed by atoms with Crippen LogP contribution in [0.2, 0.25) is 26.2 Å². The van der Waals surface area contributed by atoms with Crippen molar-refractivity contribution in [1.82, 2.24) is 4.65 Å². The SMILES string of the molecule is CO[Si](C)(C)N[Si](C)(C)CP(C(C)(C)C)C(C)(C)C. The molecule has 5 heteroatoms. The molecule has 0 aliphatic carbocycles. The van der Waals surface area contributed by atoms with Gasteiger partial charge in [0.2, 0.25) is 0 Å². The third-order valence-corrected chi connectivity index (χ3v) is 17.1. The zero-order chi connectivity index (χ0) is 15.7. The van der Waals surface area contributed by atoms with E-state index in [-0.39, 0.29) is 7.92 Å². The summed E-state index contributed by atoms with van der Waals surface area (Å²) in [6.45, 7) is 23.9. The Morgan fingerprint density at radius 2 is 1.26 bits per heavy atom. The third-order valence-electron chi connectivity index (χ3n) is 3.32. The Balaban J connectivity index is 5.05. The first kappa shape index (κ1) is 19.8. The lowest BCUT2D eigenvalue weighted by Gasteiger charge is -2.46. The highest BCUT2D eigenvalue weighted by atomic mass is 31.1. The topological polar surface area (TPSA) is 21.3 Å². The summed E-state index contributed by atoms with van der Waals surface area (Å²) in [7, 11) is -1.28. The van der Waals surface area contributed by atoms with Crippen LogP contribution in [-0.2, 0) is 4.43 Å². The normalized spacial score (nSPS) is 15.2. The smallest absolute Gasteiger partial charge is 0.255 e. The van der Waals surface area contributed by atoms with Crippen molar-refractivity contribution in [2.24, 2.45) is 0 Å². The van der Waals surface area contributed by atoms with Crippen LogP contribution in [-0.4, -0.2) is 39.9 Å². The first-order valence-electron chi connectivity index (χ1n) is 7.23. The van der Waals surface area contributed by atoms with Crippen LogP contribution >= 0.6 is 7.92 Å². The molecule has 0 bridgehead atoms. The molecule has 2 nitrogen and oxygen atoms in total. The Morgan fingerprint density at radius 3 is 1.53 bits per heavy atom. The molecule has 0 radical (unpaired) electrons. The summed E-state index contributed by atoms with van der Waals surface area (Å²) in [4.78, 5) is 0. The molecule has 0 aromatic carbocycles. The second kappa shape index (κ2) is 6.27. The molecule has 0 rings (SSSR count). The fourth-order valence-corrected chi connectivity index (χ4v) is 19.7. The van der Waals surface area contributed by atoms with E-state index in [9.17, 15) is 0 Å². The molecule has 0 amide bonds. The maximum absolute atomic E-state index is 5.70. The quantitative estimate of drug-likeness (QED) is 0.583. The zero-order valence-corrected chi connectivity index (χ0v) is 18.0. The zero-order valence-electron chi connectivity index (χ0n) is 15.1. The molecule has 0 saturated heterocycles. The van der Waals surface area contributed by atoms with Gasteiger partial charge < -0.3 is 9.07 Å². The highest BCUT2D eigenvalue weighted by Crippen LogP contribution is 2.59. The van der Waals surface area contributed by atoms with Crippen LogP contribution in [0.1, 0.15) is 41.5 Å². The molecule has 116 valence electrons. The van der Waals surface area contributed by atoms with Crippen molar-refractivity contribution in [2.45, 2.75) is 78.0 Å². The minimum Gasteiger partial charge on any atom is -0.407 e. The lowest BCUT2D eigenvalue weighted by molar-refractivity contribution is 0.400. The molecule has 0 aromatic rings. The summed E-state index contributed by atoms with van der Waals surface area (Å²) >= 11 is 0. The molecule has 0 aliphatic heterocycles. The minimum absolute atomic E-state index is 0.0229. The van der Waals surface area contributed by atoms with Gasteiger partial charge in [-0.15, -0.1) is 0 Å². The van der Waals surface area contributed by atoms with Crippen LogP contribution in [0.15, 0.2) is 0 Å². The lowest BCUT2D eigenvalue weighted by Crippen LogP contribution is -2.62.